The van der Waals surface area contributed by atoms with Crippen LogP contribution >= 0.6 is 11.3 Å². The van der Waals surface area contributed by atoms with Gasteiger partial charge < -0.3 is 10.4 Å². The van der Waals surface area contributed by atoms with Crippen molar-refractivity contribution in [1.82, 2.24) is 10.3 Å². The van der Waals surface area contributed by atoms with Gasteiger partial charge in [0.15, 0.2) is 0 Å². The van der Waals surface area contributed by atoms with E-state index in [0.29, 0.717) is 6.04 Å². The first-order valence-corrected chi connectivity index (χ1v) is 5.41. The lowest BCUT2D eigenvalue weighted by molar-refractivity contribution is 0.170. The van der Waals surface area contributed by atoms with Crippen LogP contribution in [0.25, 0.3) is 0 Å². The lowest BCUT2D eigenvalue weighted by atomic mass is 10.1. The van der Waals surface area contributed by atoms with Gasteiger partial charge in [-0.1, -0.05) is 0 Å². The predicted octanol–water partition coefficient (Wildman–Crippen LogP) is 1.39. The molecule has 2 atom stereocenters. The Bertz CT molecular complexity index is 224. The standard InChI is InChI=1S/C9H16N2OS/c1-7(3-8(2)12)10-4-9-5-13-6-11-9/h5-8,10,12H,3-4H2,1-2H3. The Morgan fingerprint density at radius 3 is 2.92 bits per heavy atom. The molecule has 0 bridgehead atoms. The zero-order valence-electron chi connectivity index (χ0n) is 8.03. The van der Waals surface area contributed by atoms with Gasteiger partial charge >= 0.3 is 0 Å². The molecule has 3 nitrogen and oxygen atoms in total. The van der Waals surface area contributed by atoms with E-state index in [0.717, 1.165) is 18.7 Å². The summed E-state index contributed by atoms with van der Waals surface area (Å²) in [6.45, 7) is 4.66. The average Bonchev–Trinajstić information content (AvgIpc) is 2.51. The largest absolute Gasteiger partial charge is 0.393 e. The van der Waals surface area contributed by atoms with E-state index >= 15 is 0 Å². The van der Waals surface area contributed by atoms with E-state index in [9.17, 15) is 0 Å². The maximum Gasteiger partial charge on any atom is 0.0795 e. The van der Waals surface area contributed by atoms with Crippen molar-refractivity contribution in [2.75, 3.05) is 0 Å². The number of hydrogen-bond donors (Lipinski definition) is 2. The molecule has 0 aliphatic rings. The number of aromatic nitrogens is 1. The van der Waals surface area contributed by atoms with Crippen molar-refractivity contribution in [2.45, 2.75) is 39.0 Å². The van der Waals surface area contributed by atoms with Crippen LogP contribution in [0.4, 0.5) is 0 Å². The second-order valence-electron chi connectivity index (χ2n) is 3.35. The topological polar surface area (TPSA) is 45.1 Å². The third-order valence-corrected chi connectivity index (χ3v) is 2.45. The summed E-state index contributed by atoms with van der Waals surface area (Å²) in [7, 11) is 0. The third kappa shape index (κ3) is 4.36. The molecular formula is C9H16N2OS. The molecule has 0 aromatic carbocycles. The van der Waals surface area contributed by atoms with Crippen LogP contribution in [0.2, 0.25) is 0 Å². The van der Waals surface area contributed by atoms with Gasteiger partial charge in [0.1, 0.15) is 0 Å². The Balaban J connectivity index is 2.19. The highest BCUT2D eigenvalue weighted by atomic mass is 32.1. The van der Waals surface area contributed by atoms with Crippen LogP contribution < -0.4 is 5.32 Å². The SMILES string of the molecule is CC(O)CC(C)NCc1cscn1. The summed E-state index contributed by atoms with van der Waals surface area (Å²) in [5.74, 6) is 0. The Morgan fingerprint density at radius 1 is 1.62 bits per heavy atom. The van der Waals surface area contributed by atoms with Gasteiger partial charge in [0, 0.05) is 18.0 Å². The third-order valence-electron chi connectivity index (χ3n) is 1.81. The van der Waals surface area contributed by atoms with Gasteiger partial charge in [-0.25, -0.2) is 4.98 Å². The fourth-order valence-corrected chi connectivity index (χ4v) is 1.76. The Hall–Kier alpha value is -0.450. The molecule has 74 valence electrons. The van der Waals surface area contributed by atoms with Crippen molar-refractivity contribution < 1.29 is 5.11 Å². The fourth-order valence-electron chi connectivity index (χ4n) is 1.20. The fraction of sp³-hybridized carbons (Fsp3) is 0.667. The van der Waals surface area contributed by atoms with Crippen molar-refractivity contribution in [3.05, 3.63) is 16.6 Å². The first kappa shape index (κ1) is 10.6. The van der Waals surface area contributed by atoms with E-state index in [-0.39, 0.29) is 6.10 Å². The summed E-state index contributed by atoms with van der Waals surface area (Å²) in [5, 5.41) is 14.5. The maximum absolute atomic E-state index is 9.13. The molecule has 2 unspecified atom stereocenters. The van der Waals surface area contributed by atoms with Crippen LogP contribution in [0.3, 0.4) is 0 Å². The molecule has 0 spiro atoms. The van der Waals surface area contributed by atoms with E-state index in [1.807, 2.05) is 10.9 Å². The summed E-state index contributed by atoms with van der Waals surface area (Å²) in [4.78, 5) is 4.16. The summed E-state index contributed by atoms with van der Waals surface area (Å²) in [6, 6.07) is 0.335. The Labute approximate surface area is 82.8 Å². The normalized spacial score (nSPS) is 15.6. The molecular weight excluding hydrogens is 184 g/mol. The molecule has 1 rings (SSSR count). The zero-order chi connectivity index (χ0) is 9.68. The molecule has 0 aliphatic heterocycles. The number of nitrogens with zero attached hydrogens (tertiary/aromatic N) is 1. The van der Waals surface area contributed by atoms with E-state index in [4.69, 9.17) is 5.11 Å². The molecule has 0 saturated carbocycles. The highest BCUT2D eigenvalue weighted by molar-refractivity contribution is 7.07. The highest BCUT2D eigenvalue weighted by Gasteiger charge is 2.05. The second kappa shape index (κ2) is 5.32. The maximum atomic E-state index is 9.13. The predicted molar refractivity (Wildman–Crippen MR) is 54.7 cm³/mol. The van der Waals surface area contributed by atoms with E-state index in [1.54, 1.807) is 18.3 Å². The monoisotopic (exact) mass is 200 g/mol. The van der Waals surface area contributed by atoms with E-state index < -0.39 is 0 Å². The van der Waals surface area contributed by atoms with Crippen molar-refractivity contribution >= 4 is 11.3 Å². The van der Waals surface area contributed by atoms with E-state index in [2.05, 4.69) is 17.2 Å². The van der Waals surface area contributed by atoms with Gasteiger partial charge in [-0.15, -0.1) is 11.3 Å². The number of hydrogen-bond acceptors (Lipinski definition) is 4. The smallest absolute Gasteiger partial charge is 0.0795 e. The first-order chi connectivity index (χ1) is 6.18. The molecule has 0 aliphatic carbocycles. The summed E-state index contributed by atoms with van der Waals surface area (Å²) >= 11 is 1.60. The lowest BCUT2D eigenvalue weighted by Gasteiger charge is -2.14. The van der Waals surface area contributed by atoms with Crippen LogP contribution in [0.15, 0.2) is 10.9 Å². The molecule has 13 heavy (non-hydrogen) atoms. The lowest BCUT2D eigenvalue weighted by Crippen LogP contribution is -2.28. The number of nitrogens with one attached hydrogen (secondary N) is 1. The van der Waals surface area contributed by atoms with Gasteiger partial charge in [0.05, 0.1) is 17.3 Å². The molecule has 1 aromatic heterocycles. The van der Waals surface area contributed by atoms with Crippen molar-refractivity contribution in [3.8, 4) is 0 Å². The van der Waals surface area contributed by atoms with Crippen LogP contribution in [-0.4, -0.2) is 22.2 Å². The minimum Gasteiger partial charge on any atom is -0.393 e. The first-order valence-electron chi connectivity index (χ1n) is 4.47. The van der Waals surface area contributed by atoms with Crippen molar-refractivity contribution in [2.24, 2.45) is 0 Å². The number of rotatable bonds is 5. The van der Waals surface area contributed by atoms with Crippen LogP contribution in [0, 0.1) is 0 Å². The highest BCUT2D eigenvalue weighted by Crippen LogP contribution is 2.02. The van der Waals surface area contributed by atoms with Crippen LogP contribution in [-0.2, 0) is 6.54 Å². The average molecular weight is 200 g/mol. The van der Waals surface area contributed by atoms with Crippen molar-refractivity contribution in [3.63, 3.8) is 0 Å². The number of thiazole rings is 1. The molecule has 1 aromatic rings. The molecule has 0 radical (unpaired) electrons. The van der Waals surface area contributed by atoms with Gasteiger partial charge in [-0.2, -0.15) is 0 Å². The number of aliphatic hydroxyl groups is 1. The molecule has 0 saturated heterocycles. The molecule has 4 heteroatoms. The minimum absolute atomic E-state index is 0.238. The van der Waals surface area contributed by atoms with Crippen LogP contribution in [0.5, 0.6) is 0 Å². The van der Waals surface area contributed by atoms with Crippen LogP contribution in [0.1, 0.15) is 26.0 Å². The van der Waals surface area contributed by atoms with Gasteiger partial charge in [0.25, 0.3) is 0 Å². The summed E-state index contributed by atoms with van der Waals surface area (Å²) in [5.41, 5.74) is 2.90. The molecule has 0 fully saturated rings. The Kier molecular flexibility index (Phi) is 4.35. The Morgan fingerprint density at radius 2 is 2.38 bits per heavy atom. The van der Waals surface area contributed by atoms with Gasteiger partial charge in [0.2, 0.25) is 0 Å². The second-order valence-corrected chi connectivity index (χ2v) is 4.07. The molecule has 1 heterocycles. The summed E-state index contributed by atoms with van der Waals surface area (Å²) in [6.07, 6.45) is 0.544. The van der Waals surface area contributed by atoms with Gasteiger partial charge in [-0.05, 0) is 20.3 Å². The molecule has 2 N–H and O–H groups in total. The van der Waals surface area contributed by atoms with Crippen molar-refractivity contribution in [1.29, 1.82) is 0 Å². The quantitative estimate of drug-likeness (QED) is 0.755. The number of aliphatic hydroxyl groups excluding tert-OH is 1. The zero-order valence-corrected chi connectivity index (χ0v) is 8.84. The summed E-state index contributed by atoms with van der Waals surface area (Å²) < 4.78 is 0. The molecule has 0 amide bonds. The minimum atomic E-state index is -0.238. The van der Waals surface area contributed by atoms with E-state index in [1.165, 1.54) is 0 Å². The van der Waals surface area contributed by atoms with Gasteiger partial charge in [-0.3, -0.25) is 0 Å².